The summed E-state index contributed by atoms with van der Waals surface area (Å²) in [6, 6.07) is 0.977. The molecule has 4 N–H and O–H groups in total. The first kappa shape index (κ1) is 13.9. The molecular weight excluding hydrogens is 263 g/mol. The maximum absolute atomic E-state index is 14.0. The van der Waals surface area contributed by atoms with Crippen LogP contribution in [0.2, 0.25) is 0 Å². The number of aromatic nitrogens is 2. The Morgan fingerprint density at radius 3 is 2.68 bits per heavy atom. The second-order valence-corrected chi connectivity index (χ2v) is 4.56. The summed E-state index contributed by atoms with van der Waals surface area (Å²) in [5.41, 5.74) is -3.78. The number of nitrogens with zero attached hydrogens (tertiary/aromatic N) is 1. The smallest absolute Gasteiger partial charge is 0.330 e. The quantitative estimate of drug-likeness (QED) is 0.487. The maximum Gasteiger partial charge on any atom is 0.330 e. The van der Waals surface area contributed by atoms with E-state index in [0.29, 0.717) is 0 Å². The number of H-pyrrole nitrogens is 1. The number of aliphatic hydroxyl groups is 3. The van der Waals surface area contributed by atoms with Crippen molar-refractivity contribution in [2.45, 2.75) is 30.7 Å². The highest BCUT2D eigenvalue weighted by Gasteiger charge is 2.62. The summed E-state index contributed by atoms with van der Waals surface area (Å²) in [5, 5.41) is 28.6. The van der Waals surface area contributed by atoms with Gasteiger partial charge in [0.15, 0.2) is 6.23 Å². The lowest BCUT2D eigenvalue weighted by Gasteiger charge is -2.27. The highest BCUT2D eigenvalue weighted by Crippen LogP contribution is 2.44. The molecule has 0 amide bonds. The van der Waals surface area contributed by atoms with Crippen molar-refractivity contribution in [3.63, 3.8) is 0 Å². The Hall–Kier alpha value is -1.55. The van der Waals surface area contributed by atoms with E-state index in [9.17, 15) is 24.2 Å². The van der Waals surface area contributed by atoms with Gasteiger partial charge in [0.25, 0.3) is 11.4 Å². The molecule has 19 heavy (non-hydrogen) atoms. The highest BCUT2D eigenvalue weighted by atomic mass is 19.2. The van der Waals surface area contributed by atoms with E-state index >= 15 is 0 Å². The minimum atomic E-state index is -2.90. The van der Waals surface area contributed by atoms with E-state index in [4.69, 9.17) is 9.84 Å². The van der Waals surface area contributed by atoms with E-state index in [2.05, 4.69) is 0 Å². The Morgan fingerprint density at radius 1 is 1.58 bits per heavy atom. The van der Waals surface area contributed by atoms with Gasteiger partial charge in [0, 0.05) is 12.3 Å². The number of nitrogens with one attached hydrogen (secondary N) is 1. The Morgan fingerprint density at radius 2 is 2.21 bits per heavy atom. The normalized spacial score (nSPS) is 38.6. The van der Waals surface area contributed by atoms with Crippen LogP contribution in [0.1, 0.15) is 13.2 Å². The van der Waals surface area contributed by atoms with Gasteiger partial charge in [0.05, 0.1) is 0 Å². The third kappa shape index (κ3) is 2.00. The zero-order chi connectivity index (χ0) is 14.4. The van der Waals surface area contributed by atoms with Crippen molar-refractivity contribution in [3.05, 3.63) is 33.1 Å². The maximum atomic E-state index is 14.0. The molecule has 0 aromatic carbocycles. The lowest BCUT2D eigenvalue weighted by atomic mass is 9.95. The number of rotatable bonds is 2. The molecule has 0 radical (unpaired) electrons. The second kappa shape index (κ2) is 4.23. The molecule has 106 valence electrons. The van der Waals surface area contributed by atoms with Crippen molar-refractivity contribution < 1.29 is 24.4 Å². The second-order valence-electron chi connectivity index (χ2n) is 4.56. The van der Waals surface area contributed by atoms with E-state index < -0.39 is 41.6 Å². The molecule has 0 bridgehead atoms. The van der Waals surface area contributed by atoms with Gasteiger partial charge in [-0.15, -0.1) is 0 Å². The van der Waals surface area contributed by atoms with Crippen molar-refractivity contribution in [1.29, 1.82) is 0 Å². The van der Waals surface area contributed by atoms with E-state index in [-0.39, 0.29) is 0 Å². The first-order valence-electron chi connectivity index (χ1n) is 5.42. The fourth-order valence-corrected chi connectivity index (χ4v) is 2.01. The van der Waals surface area contributed by atoms with Gasteiger partial charge in [0.1, 0.15) is 18.3 Å². The lowest BCUT2D eigenvalue weighted by Crippen LogP contribution is -2.49. The Balaban J connectivity index is 2.51. The van der Waals surface area contributed by atoms with Crippen LogP contribution in [0.25, 0.3) is 0 Å². The zero-order valence-corrected chi connectivity index (χ0v) is 9.91. The average Bonchev–Trinajstić information content (AvgIpc) is 2.51. The SMILES string of the molecule is C[C@]1(O)C(n2ccc(=O)[nH]c2=O)O[C@](F)(CO)[C@H]1O. The standard InChI is InChI=1S/C10H13FN2O6/c1-9(18)6(16)10(11,4-14)19-7(9)13-3-2-5(15)12-8(13)17/h2-3,6-7,14,16,18H,4H2,1H3,(H,12,15,17)/t6-,7?,9+,10+/m0/s1. The van der Waals surface area contributed by atoms with Gasteiger partial charge in [-0.2, -0.15) is 0 Å². The van der Waals surface area contributed by atoms with E-state index in [1.165, 1.54) is 0 Å². The number of aliphatic hydroxyl groups excluding tert-OH is 2. The summed E-state index contributed by atoms with van der Waals surface area (Å²) >= 11 is 0. The molecule has 8 nitrogen and oxygen atoms in total. The van der Waals surface area contributed by atoms with Gasteiger partial charge in [0.2, 0.25) is 0 Å². The van der Waals surface area contributed by atoms with Crippen LogP contribution >= 0.6 is 0 Å². The number of aromatic amines is 1. The summed E-state index contributed by atoms with van der Waals surface area (Å²) < 4.78 is 19.5. The Bertz CT molecular complexity index is 596. The van der Waals surface area contributed by atoms with Crippen LogP contribution in [-0.2, 0) is 4.74 Å². The first-order valence-corrected chi connectivity index (χ1v) is 5.42. The van der Waals surface area contributed by atoms with Crippen LogP contribution in [0.3, 0.4) is 0 Å². The number of hydrogen-bond donors (Lipinski definition) is 4. The highest BCUT2D eigenvalue weighted by molar-refractivity contribution is 5.04. The van der Waals surface area contributed by atoms with Crippen LogP contribution in [0, 0.1) is 0 Å². The van der Waals surface area contributed by atoms with Gasteiger partial charge in [-0.25, -0.2) is 9.18 Å². The third-order valence-electron chi connectivity index (χ3n) is 3.09. The molecule has 0 spiro atoms. The van der Waals surface area contributed by atoms with Crippen molar-refractivity contribution in [1.82, 2.24) is 9.55 Å². The van der Waals surface area contributed by atoms with E-state index in [1.807, 2.05) is 4.98 Å². The molecule has 9 heteroatoms. The fourth-order valence-electron chi connectivity index (χ4n) is 2.01. The summed E-state index contributed by atoms with van der Waals surface area (Å²) in [6.45, 7) is -0.143. The van der Waals surface area contributed by atoms with Crippen molar-refractivity contribution in [3.8, 4) is 0 Å². The monoisotopic (exact) mass is 276 g/mol. The van der Waals surface area contributed by atoms with E-state index in [1.54, 1.807) is 0 Å². The molecule has 2 heterocycles. The Labute approximate surface area is 105 Å². The molecular formula is C10H13FN2O6. The van der Waals surface area contributed by atoms with Crippen molar-refractivity contribution >= 4 is 0 Å². The summed E-state index contributed by atoms with van der Waals surface area (Å²) in [7, 11) is 0. The molecule has 1 aromatic rings. The molecule has 1 aliphatic heterocycles. The van der Waals surface area contributed by atoms with Crippen LogP contribution in [-0.4, -0.2) is 49.0 Å². The molecule has 1 fully saturated rings. The van der Waals surface area contributed by atoms with Crippen LogP contribution in [0.15, 0.2) is 21.9 Å². The van der Waals surface area contributed by atoms with Crippen molar-refractivity contribution in [2.24, 2.45) is 0 Å². The third-order valence-corrected chi connectivity index (χ3v) is 3.09. The van der Waals surface area contributed by atoms with Gasteiger partial charge in [-0.3, -0.25) is 14.3 Å². The average molecular weight is 276 g/mol. The number of alkyl halides is 1. The van der Waals surface area contributed by atoms with Gasteiger partial charge in [-0.1, -0.05) is 0 Å². The van der Waals surface area contributed by atoms with Gasteiger partial charge < -0.3 is 20.1 Å². The molecule has 1 unspecified atom stereocenters. The largest absolute Gasteiger partial charge is 0.390 e. The molecule has 0 saturated carbocycles. The zero-order valence-electron chi connectivity index (χ0n) is 9.91. The molecule has 1 aliphatic rings. The number of ether oxygens (including phenoxy) is 1. The fraction of sp³-hybridized carbons (Fsp3) is 0.600. The minimum Gasteiger partial charge on any atom is -0.390 e. The summed E-state index contributed by atoms with van der Waals surface area (Å²) in [6.07, 6.45) is -2.66. The topological polar surface area (TPSA) is 125 Å². The predicted molar refractivity (Wildman–Crippen MR) is 59.0 cm³/mol. The summed E-state index contributed by atoms with van der Waals surface area (Å²) in [5.74, 6) is -2.90. The minimum absolute atomic E-state index is 0.673. The van der Waals surface area contributed by atoms with Crippen LogP contribution in [0.5, 0.6) is 0 Å². The van der Waals surface area contributed by atoms with Crippen molar-refractivity contribution in [2.75, 3.05) is 6.61 Å². The first-order chi connectivity index (χ1) is 8.72. The lowest BCUT2D eigenvalue weighted by molar-refractivity contribution is -0.207. The van der Waals surface area contributed by atoms with Crippen LogP contribution < -0.4 is 11.2 Å². The predicted octanol–water partition coefficient (Wildman–Crippen LogP) is -2.16. The number of halogens is 1. The number of hydrogen-bond acceptors (Lipinski definition) is 6. The molecule has 1 aromatic heterocycles. The molecule has 2 rings (SSSR count). The van der Waals surface area contributed by atoms with Gasteiger partial charge >= 0.3 is 5.69 Å². The van der Waals surface area contributed by atoms with Gasteiger partial charge in [-0.05, 0) is 6.92 Å². The van der Waals surface area contributed by atoms with Crippen LogP contribution in [0.4, 0.5) is 4.39 Å². The molecule has 4 atom stereocenters. The van der Waals surface area contributed by atoms with E-state index in [0.717, 1.165) is 23.8 Å². The summed E-state index contributed by atoms with van der Waals surface area (Å²) in [4.78, 5) is 24.4. The Kier molecular flexibility index (Phi) is 3.09. The molecule has 1 saturated heterocycles. The molecule has 0 aliphatic carbocycles.